The fraction of sp³-hybridized carbons (Fsp3) is 0.706. The van der Waals surface area contributed by atoms with Crippen molar-refractivity contribution in [2.75, 3.05) is 0 Å². The Hall–Kier alpha value is -0.850. The van der Waals surface area contributed by atoms with Crippen LogP contribution in [0.4, 0.5) is 0 Å². The maximum absolute atomic E-state index is 5.00. The first kappa shape index (κ1) is 12.2. The van der Waals surface area contributed by atoms with Crippen LogP contribution in [-0.4, -0.2) is 4.98 Å². The second-order valence-corrected chi connectivity index (χ2v) is 7.96. The first-order chi connectivity index (χ1) is 8.28. The van der Waals surface area contributed by atoms with Gasteiger partial charge in [0.05, 0.1) is 0 Å². The van der Waals surface area contributed by atoms with E-state index in [9.17, 15) is 0 Å². The summed E-state index contributed by atoms with van der Waals surface area (Å²) in [6, 6.07) is 0. The molecule has 0 radical (unpaired) electrons. The van der Waals surface area contributed by atoms with Gasteiger partial charge >= 0.3 is 0 Å². The molecule has 0 N–H and O–H groups in total. The van der Waals surface area contributed by atoms with Crippen LogP contribution in [0, 0.1) is 5.41 Å². The molecule has 0 amide bonds. The summed E-state index contributed by atoms with van der Waals surface area (Å²) in [5.74, 6) is 0. The minimum Gasteiger partial charge on any atom is -0.257 e. The summed E-state index contributed by atoms with van der Waals surface area (Å²) in [5.41, 5.74) is 8.33. The molecule has 1 heterocycles. The highest BCUT2D eigenvalue weighted by molar-refractivity contribution is 5.49. The molecule has 98 valence electrons. The summed E-state index contributed by atoms with van der Waals surface area (Å²) in [7, 11) is 0. The van der Waals surface area contributed by atoms with Crippen molar-refractivity contribution >= 4 is 0 Å². The van der Waals surface area contributed by atoms with Gasteiger partial charge < -0.3 is 0 Å². The van der Waals surface area contributed by atoms with Crippen LogP contribution < -0.4 is 0 Å². The lowest BCUT2D eigenvalue weighted by atomic mass is 9.79. The predicted octanol–water partition coefficient (Wildman–Crippen LogP) is 3.99. The van der Waals surface area contributed by atoms with Crippen molar-refractivity contribution in [2.24, 2.45) is 5.41 Å². The zero-order valence-corrected chi connectivity index (χ0v) is 12.5. The summed E-state index contributed by atoms with van der Waals surface area (Å²) in [4.78, 5) is 5.00. The molecule has 0 fully saturated rings. The van der Waals surface area contributed by atoms with Crippen LogP contribution in [0.25, 0.3) is 0 Å². The van der Waals surface area contributed by atoms with E-state index in [2.05, 4.69) is 34.6 Å². The van der Waals surface area contributed by atoms with Gasteiger partial charge in [-0.25, -0.2) is 0 Å². The van der Waals surface area contributed by atoms with Gasteiger partial charge in [0.1, 0.15) is 0 Å². The molecule has 3 rings (SSSR count). The molecule has 18 heavy (non-hydrogen) atoms. The number of hydrogen-bond donors (Lipinski definition) is 0. The monoisotopic (exact) mass is 243 g/mol. The van der Waals surface area contributed by atoms with E-state index in [1.807, 2.05) is 0 Å². The van der Waals surface area contributed by atoms with Crippen molar-refractivity contribution in [3.05, 3.63) is 28.1 Å². The molecule has 1 aromatic heterocycles. The number of aromatic nitrogens is 1. The van der Waals surface area contributed by atoms with Crippen molar-refractivity contribution in [3.63, 3.8) is 0 Å². The minimum absolute atomic E-state index is 0.266. The zero-order valence-electron chi connectivity index (χ0n) is 12.5. The molecule has 0 saturated heterocycles. The van der Waals surface area contributed by atoms with Gasteiger partial charge in [0.2, 0.25) is 0 Å². The van der Waals surface area contributed by atoms with Gasteiger partial charge in [0.15, 0.2) is 0 Å². The number of nitrogens with zero attached hydrogens (tertiary/aromatic N) is 1. The Morgan fingerprint density at radius 3 is 2.33 bits per heavy atom. The highest BCUT2D eigenvalue weighted by Gasteiger charge is 2.37. The molecule has 2 aliphatic rings. The van der Waals surface area contributed by atoms with Crippen molar-refractivity contribution in [1.29, 1.82) is 0 Å². The van der Waals surface area contributed by atoms with Crippen LogP contribution in [0.2, 0.25) is 0 Å². The second kappa shape index (κ2) is 3.59. The summed E-state index contributed by atoms with van der Waals surface area (Å²) in [6.45, 7) is 11.9. The van der Waals surface area contributed by atoms with Crippen molar-refractivity contribution in [2.45, 2.75) is 72.1 Å². The highest BCUT2D eigenvalue weighted by atomic mass is 14.8. The molecular formula is C17H25N. The Morgan fingerprint density at radius 1 is 0.944 bits per heavy atom. The topological polar surface area (TPSA) is 12.9 Å². The van der Waals surface area contributed by atoms with Crippen LogP contribution >= 0.6 is 0 Å². The van der Waals surface area contributed by atoms with Gasteiger partial charge in [-0.05, 0) is 59.6 Å². The molecule has 0 saturated carbocycles. The van der Waals surface area contributed by atoms with E-state index in [0.29, 0.717) is 5.41 Å². The average molecular weight is 243 g/mol. The summed E-state index contributed by atoms with van der Waals surface area (Å²) >= 11 is 0. The van der Waals surface area contributed by atoms with Crippen molar-refractivity contribution in [1.82, 2.24) is 4.98 Å². The first-order valence-electron chi connectivity index (χ1n) is 7.32. The van der Waals surface area contributed by atoms with E-state index in [-0.39, 0.29) is 5.41 Å². The van der Waals surface area contributed by atoms with Crippen LogP contribution in [0.1, 0.15) is 69.1 Å². The molecule has 1 aromatic rings. The van der Waals surface area contributed by atoms with E-state index < -0.39 is 0 Å². The fourth-order valence-corrected chi connectivity index (χ4v) is 3.91. The van der Waals surface area contributed by atoms with E-state index in [0.717, 1.165) is 0 Å². The van der Waals surface area contributed by atoms with Gasteiger partial charge in [-0.3, -0.25) is 4.98 Å². The molecule has 2 aliphatic carbocycles. The van der Waals surface area contributed by atoms with E-state index in [4.69, 9.17) is 4.98 Å². The second-order valence-electron chi connectivity index (χ2n) is 7.96. The van der Waals surface area contributed by atoms with Gasteiger partial charge in [-0.2, -0.15) is 0 Å². The highest BCUT2D eigenvalue weighted by Crippen LogP contribution is 2.44. The lowest BCUT2D eigenvalue weighted by Crippen LogP contribution is -2.19. The minimum atomic E-state index is 0.266. The molecule has 1 heteroatoms. The van der Waals surface area contributed by atoms with Crippen LogP contribution in [-0.2, 0) is 31.1 Å². The zero-order chi connectivity index (χ0) is 13.1. The molecule has 0 spiro atoms. The Balaban J connectivity index is 2.24. The third-order valence-corrected chi connectivity index (χ3v) is 4.46. The number of hydrogen-bond acceptors (Lipinski definition) is 1. The van der Waals surface area contributed by atoms with Crippen LogP contribution in [0.5, 0.6) is 0 Å². The summed E-state index contributed by atoms with van der Waals surface area (Å²) in [5, 5.41) is 0. The predicted molar refractivity (Wildman–Crippen MR) is 76.2 cm³/mol. The third-order valence-electron chi connectivity index (χ3n) is 4.46. The maximum Gasteiger partial charge on any atom is 0.0447 e. The Kier molecular flexibility index (Phi) is 2.43. The largest absolute Gasteiger partial charge is 0.257 e. The smallest absolute Gasteiger partial charge is 0.0447 e. The number of pyridine rings is 1. The Labute approximate surface area is 111 Å². The first-order valence-corrected chi connectivity index (χ1v) is 7.32. The lowest BCUT2D eigenvalue weighted by Gasteiger charge is -2.26. The average Bonchev–Trinajstić information content (AvgIpc) is 2.72. The van der Waals surface area contributed by atoms with E-state index >= 15 is 0 Å². The molecule has 0 bridgehead atoms. The molecule has 0 aromatic carbocycles. The van der Waals surface area contributed by atoms with E-state index in [1.54, 1.807) is 16.7 Å². The van der Waals surface area contributed by atoms with Gasteiger partial charge in [-0.1, -0.05) is 34.6 Å². The molecule has 0 unspecified atom stereocenters. The maximum atomic E-state index is 5.00. The Morgan fingerprint density at radius 2 is 1.67 bits per heavy atom. The van der Waals surface area contributed by atoms with Gasteiger partial charge in [0, 0.05) is 11.4 Å². The number of fused-ring (bicyclic) bond motifs is 2. The normalized spacial score (nSPS) is 20.9. The summed E-state index contributed by atoms with van der Waals surface area (Å²) < 4.78 is 0. The number of rotatable bonds is 0. The molecule has 0 atom stereocenters. The van der Waals surface area contributed by atoms with Gasteiger partial charge in [-0.15, -0.1) is 0 Å². The van der Waals surface area contributed by atoms with Gasteiger partial charge in [0.25, 0.3) is 0 Å². The lowest BCUT2D eigenvalue weighted by molar-refractivity contribution is 0.389. The quantitative estimate of drug-likeness (QED) is 0.671. The van der Waals surface area contributed by atoms with Crippen LogP contribution in [0.15, 0.2) is 0 Å². The molecule has 1 nitrogen and oxygen atoms in total. The standard InChI is InChI=1S/C17H25N/c1-16(2,3)15-11-7-6-8-13(11)18-14-10-17(4,5)9-12(14)15/h6-10H2,1-5H3. The summed E-state index contributed by atoms with van der Waals surface area (Å²) in [6.07, 6.45) is 6.14. The van der Waals surface area contributed by atoms with E-state index in [1.165, 1.54) is 43.5 Å². The Bertz CT molecular complexity index is 503. The van der Waals surface area contributed by atoms with Crippen LogP contribution in [0.3, 0.4) is 0 Å². The molecule has 0 aliphatic heterocycles. The molecular weight excluding hydrogens is 218 g/mol. The number of aryl methyl sites for hydroxylation is 1. The van der Waals surface area contributed by atoms with Crippen molar-refractivity contribution < 1.29 is 0 Å². The SMILES string of the molecule is CC1(C)Cc2nc3c(c(C(C)(C)C)c2C1)CCC3. The fourth-order valence-electron chi connectivity index (χ4n) is 3.91. The van der Waals surface area contributed by atoms with Crippen molar-refractivity contribution in [3.8, 4) is 0 Å². The third kappa shape index (κ3) is 1.79.